The van der Waals surface area contributed by atoms with Gasteiger partial charge in [-0.1, -0.05) is 25.0 Å². The maximum Gasteiger partial charge on any atom is 0.217 e. The lowest BCUT2D eigenvalue weighted by molar-refractivity contribution is 0.378. The first kappa shape index (κ1) is 18.8. The molecular weight excluding hydrogens is 387 g/mol. The van der Waals surface area contributed by atoms with Crippen LogP contribution in [0.5, 0.6) is 0 Å². The van der Waals surface area contributed by atoms with E-state index in [0.29, 0.717) is 38.4 Å². The molecule has 4 rings (SSSR count). The van der Waals surface area contributed by atoms with Crippen LogP contribution in [0, 0.1) is 5.82 Å². The number of benzene rings is 1. The largest absolute Gasteiger partial charge is 0.344 e. The molecule has 1 aromatic carbocycles. The van der Waals surface area contributed by atoms with Gasteiger partial charge in [-0.15, -0.1) is 0 Å². The van der Waals surface area contributed by atoms with Crippen LogP contribution >= 0.6 is 11.5 Å². The number of anilines is 1. The van der Waals surface area contributed by atoms with Crippen LogP contribution in [-0.2, 0) is 16.4 Å². The first-order valence-corrected chi connectivity index (χ1v) is 11.6. The van der Waals surface area contributed by atoms with Crippen molar-refractivity contribution in [1.82, 2.24) is 13.7 Å². The SMILES string of the molecule is O=S(=O)(C1CCCC1)N1CCN(c2nc(Cc3ccc(F)cc3)ns2)CC1. The smallest absolute Gasteiger partial charge is 0.217 e. The Morgan fingerprint density at radius 3 is 2.41 bits per heavy atom. The molecule has 2 aromatic rings. The Labute approximate surface area is 163 Å². The molecular formula is C18H23FN4O2S2. The third-order valence-electron chi connectivity index (χ3n) is 5.33. The van der Waals surface area contributed by atoms with E-state index in [2.05, 4.69) is 14.3 Å². The normalized spacial score (nSPS) is 19.7. The third kappa shape index (κ3) is 4.14. The van der Waals surface area contributed by atoms with Crippen LogP contribution in [0.3, 0.4) is 0 Å². The van der Waals surface area contributed by atoms with Gasteiger partial charge >= 0.3 is 0 Å². The molecule has 2 aliphatic rings. The zero-order valence-corrected chi connectivity index (χ0v) is 16.7. The summed E-state index contributed by atoms with van der Waals surface area (Å²) in [6, 6.07) is 6.35. The monoisotopic (exact) mass is 410 g/mol. The number of hydrogen-bond acceptors (Lipinski definition) is 6. The predicted octanol–water partition coefficient (Wildman–Crippen LogP) is 2.66. The van der Waals surface area contributed by atoms with E-state index in [1.807, 2.05) is 0 Å². The highest BCUT2D eigenvalue weighted by atomic mass is 32.2. The van der Waals surface area contributed by atoms with Crippen molar-refractivity contribution in [3.8, 4) is 0 Å². The molecule has 0 N–H and O–H groups in total. The molecule has 0 bridgehead atoms. The topological polar surface area (TPSA) is 66.4 Å². The van der Waals surface area contributed by atoms with Gasteiger partial charge in [0.25, 0.3) is 0 Å². The Morgan fingerprint density at radius 2 is 1.74 bits per heavy atom. The molecule has 27 heavy (non-hydrogen) atoms. The van der Waals surface area contributed by atoms with E-state index in [-0.39, 0.29) is 11.1 Å². The molecule has 0 atom stereocenters. The van der Waals surface area contributed by atoms with Gasteiger partial charge < -0.3 is 4.90 Å². The number of piperazine rings is 1. The maximum absolute atomic E-state index is 13.0. The van der Waals surface area contributed by atoms with Crippen molar-refractivity contribution in [2.75, 3.05) is 31.1 Å². The zero-order chi connectivity index (χ0) is 18.9. The number of halogens is 1. The summed E-state index contributed by atoms with van der Waals surface area (Å²) in [4.78, 5) is 6.69. The second-order valence-electron chi connectivity index (χ2n) is 7.13. The number of sulfonamides is 1. The third-order valence-corrected chi connectivity index (χ3v) is 8.54. The fourth-order valence-electron chi connectivity index (χ4n) is 3.76. The Bertz CT molecular complexity index is 871. The Balaban J connectivity index is 1.36. The average Bonchev–Trinajstić information content (AvgIpc) is 3.36. The lowest BCUT2D eigenvalue weighted by Crippen LogP contribution is -2.50. The number of aromatic nitrogens is 2. The Hall–Kier alpha value is -1.58. The molecule has 0 amide bonds. The van der Waals surface area contributed by atoms with Gasteiger partial charge in [0, 0.05) is 44.1 Å². The lowest BCUT2D eigenvalue weighted by atomic mass is 10.1. The molecule has 146 valence electrons. The summed E-state index contributed by atoms with van der Waals surface area (Å²) in [6.45, 7) is 2.28. The van der Waals surface area contributed by atoms with Crippen LogP contribution in [0.25, 0.3) is 0 Å². The highest BCUT2D eigenvalue weighted by Gasteiger charge is 2.36. The summed E-state index contributed by atoms with van der Waals surface area (Å²) in [6.07, 6.45) is 4.20. The minimum atomic E-state index is -3.16. The first-order chi connectivity index (χ1) is 13.0. The molecule has 2 heterocycles. The average molecular weight is 411 g/mol. The number of rotatable bonds is 5. The van der Waals surface area contributed by atoms with Crippen molar-refractivity contribution in [3.63, 3.8) is 0 Å². The molecule has 1 aliphatic carbocycles. The van der Waals surface area contributed by atoms with Crippen molar-refractivity contribution in [2.45, 2.75) is 37.4 Å². The van der Waals surface area contributed by atoms with Gasteiger partial charge in [0.15, 0.2) is 0 Å². The van der Waals surface area contributed by atoms with Gasteiger partial charge in [0.2, 0.25) is 15.2 Å². The maximum atomic E-state index is 13.0. The van der Waals surface area contributed by atoms with Gasteiger partial charge in [-0.2, -0.15) is 8.68 Å². The highest BCUT2D eigenvalue weighted by Crippen LogP contribution is 2.28. The first-order valence-electron chi connectivity index (χ1n) is 9.33. The minimum Gasteiger partial charge on any atom is -0.344 e. The zero-order valence-electron chi connectivity index (χ0n) is 15.1. The van der Waals surface area contributed by atoms with E-state index in [4.69, 9.17) is 0 Å². The summed E-state index contributed by atoms with van der Waals surface area (Å²) in [5.41, 5.74) is 0.966. The fourth-order valence-corrected chi connectivity index (χ4v) is 6.52. The predicted molar refractivity (Wildman–Crippen MR) is 104 cm³/mol. The van der Waals surface area contributed by atoms with Crippen molar-refractivity contribution >= 4 is 26.7 Å². The van der Waals surface area contributed by atoms with Crippen LogP contribution in [0.2, 0.25) is 0 Å². The van der Waals surface area contributed by atoms with Gasteiger partial charge in [-0.25, -0.2) is 17.8 Å². The number of nitrogens with zero attached hydrogens (tertiary/aromatic N) is 4. The van der Waals surface area contributed by atoms with Crippen LogP contribution in [0.4, 0.5) is 9.52 Å². The van der Waals surface area contributed by atoms with Crippen LogP contribution in [0.15, 0.2) is 24.3 Å². The summed E-state index contributed by atoms with van der Waals surface area (Å²) >= 11 is 1.34. The molecule has 0 radical (unpaired) electrons. The van der Waals surface area contributed by atoms with E-state index in [1.165, 1.54) is 23.7 Å². The van der Waals surface area contributed by atoms with E-state index in [0.717, 1.165) is 36.4 Å². The van der Waals surface area contributed by atoms with Gasteiger partial charge in [0.1, 0.15) is 11.6 Å². The van der Waals surface area contributed by atoms with Gasteiger partial charge in [0.05, 0.1) is 5.25 Å². The van der Waals surface area contributed by atoms with Crippen LogP contribution in [-0.4, -0.2) is 53.5 Å². The van der Waals surface area contributed by atoms with Crippen LogP contribution in [0.1, 0.15) is 37.1 Å². The van der Waals surface area contributed by atoms with Crippen molar-refractivity contribution < 1.29 is 12.8 Å². The minimum absolute atomic E-state index is 0.187. The van der Waals surface area contributed by atoms with E-state index in [9.17, 15) is 12.8 Å². The molecule has 1 aromatic heterocycles. The molecule has 1 saturated heterocycles. The standard InChI is InChI=1S/C18H23FN4O2S2/c19-15-7-5-14(6-8-15)13-17-20-18(26-21-17)22-9-11-23(12-10-22)27(24,25)16-3-1-2-4-16/h5-8,16H,1-4,9-13H2. The molecule has 6 nitrogen and oxygen atoms in total. The molecule has 2 fully saturated rings. The van der Waals surface area contributed by atoms with Gasteiger partial charge in [-0.05, 0) is 30.5 Å². The summed E-state index contributed by atoms with van der Waals surface area (Å²) in [5.74, 6) is 0.457. The molecule has 9 heteroatoms. The fraction of sp³-hybridized carbons (Fsp3) is 0.556. The second kappa shape index (κ2) is 7.81. The summed E-state index contributed by atoms with van der Waals surface area (Å²) in [7, 11) is -3.16. The van der Waals surface area contributed by atoms with Crippen LogP contribution < -0.4 is 4.90 Å². The Morgan fingerprint density at radius 1 is 1.07 bits per heavy atom. The van der Waals surface area contributed by atoms with Crippen molar-refractivity contribution in [3.05, 3.63) is 41.5 Å². The quantitative estimate of drug-likeness (QED) is 0.758. The summed E-state index contributed by atoms with van der Waals surface area (Å²) < 4.78 is 44.5. The van der Waals surface area contributed by atoms with E-state index in [1.54, 1.807) is 16.4 Å². The summed E-state index contributed by atoms with van der Waals surface area (Å²) in [5, 5.41) is 0.637. The van der Waals surface area contributed by atoms with Crippen molar-refractivity contribution in [2.24, 2.45) is 0 Å². The van der Waals surface area contributed by atoms with E-state index < -0.39 is 10.0 Å². The van der Waals surface area contributed by atoms with Gasteiger partial charge in [-0.3, -0.25) is 0 Å². The molecule has 1 saturated carbocycles. The number of hydrogen-bond donors (Lipinski definition) is 0. The molecule has 0 unspecified atom stereocenters. The lowest BCUT2D eigenvalue weighted by Gasteiger charge is -2.34. The highest BCUT2D eigenvalue weighted by molar-refractivity contribution is 7.89. The van der Waals surface area contributed by atoms with Crippen molar-refractivity contribution in [1.29, 1.82) is 0 Å². The van der Waals surface area contributed by atoms with E-state index >= 15 is 0 Å². The molecule has 1 aliphatic heterocycles. The second-order valence-corrected chi connectivity index (χ2v) is 10.1. The molecule has 0 spiro atoms. The Kier molecular flexibility index (Phi) is 5.43.